The molecule has 4 rings (SSSR count). The van der Waals surface area contributed by atoms with Gasteiger partial charge >= 0.3 is 6.03 Å². The van der Waals surface area contributed by atoms with Crippen LogP contribution in [-0.4, -0.2) is 33.6 Å². The molecule has 1 atom stereocenters. The summed E-state index contributed by atoms with van der Waals surface area (Å²) in [5.74, 6) is -0.294. The number of carbonyl (C=O) groups excluding carboxylic acids is 2. The zero-order valence-electron chi connectivity index (χ0n) is 17.8. The van der Waals surface area contributed by atoms with Crippen LogP contribution in [0.3, 0.4) is 0 Å². The lowest BCUT2D eigenvalue weighted by atomic mass is 10.1. The molecular weight excluding hydrogens is 410 g/mol. The van der Waals surface area contributed by atoms with Gasteiger partial charge in [0.1, 0.15) is 5.01 Å². The normalized spacial score (nSPS) is 15.7. The molecule has 160 valence electrons. The summed E-state index contributed by atoms with van der Waals surface area (Å²) in [5, 5.41) is 15.1. The zero-order valence-corrected chi connectivity index (χ0v) is 18.6. The van der Waals surface area contributed by atoms with Crippen molar-refractivity contribution in [2.24, 2.45) is 0 Å². The highest BCUT2D eigenvalue weighted by Gasteiger charge is 2.33. The van der Waals surface area contributed by atoms with E-state index in [1.807, 2.05) is 63.2 Å². The van der Waals surface area contributed by atoms with Gasteiger partial charge < -0.3 is 15.5 Å². The first-order chi connectivity index (χ1) is 14.9. The lowest BCUT2D eigenvalue weighted by Gasteiger charge is -2.23. The van der Waals surface area contributed by atoms with E-state index in [1.165, 1.54) is 11.3 Å². The van der Waals surface area contributed by atoms with Gasteiger partial charge in [0.2, 0.25) is 5.01 Å². The predicted octanol–water partition coefficient (Wildman–Crippen LogP) is 5.08. The highest BCUT2D eigenvalue weighted by atomic mass is 32.1. The number of aromatic nitrogens is 2. The molecule has 2 heterocycles. The van der Waals surface area contributed by atoms with Gasteiger partial charge in [0.25, 0.3) is 5.91 Å². The van der Waals surface area contributed by atoms with Gasteiger partial charge in [-0.3, -0.25) is 4.79 Å². The van der Waals surface area contributed by atoms with Crippen molar-refractivity contribution in [2.45, 2.75) is 39.7 Å². The van der Waals surface area contributed by atoms with Gasteiger partial charge in [-0.25, -0.2) is 4.79 Å². The zero-order chi connectivity index (χ0) is 22.0. The van der Waals surface area contributed by atoms with Gasteiger partial charge in [-0.1, -0.05) is 41.2 Å². The molecule has 1 aliphatic heterocycles. The van der Waals surface area contributed by atoms with E-state index in [9.17, 15) is 9.59 Å². The summed E-state index contributed by atoms with van der Waals surface area (Å²) in [6, 6.07) is 13.1. The number of anilines is 2. The molecule has 7 nitrogen and oxygen atoms in total. The van der Waals surface area contributed by atoms with Crippen molar-refractivity contribution < 1.29 is 9.59 Å². The summed E-state index contributed by atoms with van der Waals surface area (Å²) in [6.07, 6.45) is 1.68. The van der Waals surface area contributed by atoms with Gasteiger partial charge in [-0.15, -0.1) is 10.2 Å². The quantitative estimate of drug-likeness (QED) is 0.598. The Bertz CT molecular complexity index is 1110. The minimum Gasteiger partial charge on any atom is -0.320 e. The van der Waals surface area contributed by atoms with Crippen LogP contribution in [0.2, 0.25) is 0 Å². The standard InChI is InChI=1S/C23H25N5O2S/c1-14-9-11-17(12-10-14)24-20(29)22-27-26-21(31-22)19-8-5-13-28(19)23(30)25-18-7-4-6-15(2)16(18)3/h4,6-7,9-12,19H,5,8,13H2,1-3H3,(H,24,29)(H,25,30)/t19-/m0/s1. The second kappa shape index (κ2) is 8.85. The molecule has 2 N–H and O–H groups in total. The Morgan fingerprint density at radius 1 is 1.03 bits per heavy atom. The smallest absolute Gasteiger partial charge is 0.320 e. The van der Waals surface area contributed by atoms with Crippen LogP contribution in [0.15, 0.2) is 42.5 Å². The second-order valence-corrected chi connectivity index (χ2v) is 8.80. The maximum atomic E-state index is 13.0. The van der Waals surface area contributed by atoms with Crippen LogP contribution in [-0.2, 0) is 0 Å². The molecule has 1 fully saturated rings. The van der Waals surface area contributed by atoms with Crippen LogP contribution in [0.5, 0.6) is 0 Å². The maximum absolute atomic E-state index is 13.0. The summed E-state index contributed by atoms with van der Waals surface area (Å²) in [5.41, 5.74) is 4.83. The highest BCUT2D eigenvalue weighted by molar-refractivity contribution is 7.13. The molecule has 3 aromatic rings. The third-order valence-corrected chi connectivity index (χ3v) is 6.61. The lowest BCUT2D eigenvalue weighted by molar-refractivity contribution is 0.102. The summed E-state index contributed by atoms with van der Waals surface area (Å²) in [6.45, 7) is 6.66. The molecule has 0 spiro atoms. The van der Waals surface area contributed by atoms with Crippen LogP contribution in [0.1, 0.15) is 50.4 Å². The van der Waals surface area contributed by atoms with Crippen molar-refractivity contribution in [3.63, 3.8) is 0 Å². The molecule has 0 saturated carbocycles. The number of likely N-dealkylation sites (tertiary alicyclic amines) is 1. The summed E-state index contributed by atoms with van der Waals surface area (Å²) < 4.78 is 0. The molecule has 31 heavy (non-hydrogen) atoms. The SMILES string of the molecule is Cc1ccc(NC(=O)c2nnc([C@@H]3CCCN3C(=O)Nc3cccc(C)c3C)s2)cc1. The van der Waals surface area contributed by atoms with Crippen LogP contribution in [0.25, 0.3) is 0 Å². The number of nitrogens with one attached hydrogen (secondary N) is 2. The van der Waals surface area contributed by atoms with E-state index >= 15 is 0 Å². The van der Waals surface area contributed by atoms with Crippen LogP contribution in [0.4, 0.5) is 16.2 Å². The van der Waals surface area contributed by atoms with Gasteiger partial charge in [-0.2, -0.15) is 0 Å². The number of hydrogen-bond donors (Lipinski definition) is 2. The fourth-order valence-corrected chi connectivity index (χ4v) is 4.51. The third kappa shape index (κ3) is 4.59. The number of rotatable bonds is 4. The van der Waals surface area contributed by atoms with E-state index in [2.05, 4.69) is 20.8 Å². The first-order valence-electron chi connectivity index (χ1n) is 10.3. The Morgan fingerprint density at radius 3 is 2.58 bits per heavy atom. The highest BCUT2D eigenvalue weighted by Crippen LogP contribution is 2.34. The minimum atomic E-state index is -0.294. The van der Waals surface area contributed by atoms with E-state index in [4.69, 9.17) is 0 Å². The number of amides is 3. The molecule has 1 aliphatic rings. The summed E-state index contributed by atoms with van der Waals surface area (Å²) in [4.78, 5) is 27.3. The topological polar surface area (TPSA) is 87.2 Å². The van der Waals surface area contributed by atoms with Crippen molar-refractivity contribution in [3.8, 4) is 0 Å². The van der Waals surface area contributed by atoms with E-state index in [0.29, 0.717) is 17.2 Å². The third-order valence-electron chi connectivity index (χ3n) is 5.59. The monoisotopic (exact) mass is 435 g/mol. The second-order valence-electron chi connectivity index (χ2n) is 7.79. The Morgan fingerprint density at radius 2 is 1.81 bits per heavy atom. The summed E-state index contributed by atoms with van der Waals surface area (Å²) in [7, 11) is 0. The van der Waals surface area contributed by atoms with Gasteiger partial charge in [-0.05, 0) is 62.9 Å². The Balaban J connectivity index is 1.46. The molecule has 0 radical (unpaired) electrons. The van der Waals surface area contributed by atoms with Crippen molar-refractivity contribution in [3.05, 3.63) is 69.2 Å². The Kier molecular flexibility index (Phi) is 5.99. The fraction of sp³-hybridized carbons (Fsp3) is 0.304. The average molecular weight is 436 g/mol. The summed E-state index contributed by atoms with van der Waals surface area (Å²) >= 11 is 1.24. The molecule has 2 aromatic carbocycles. The molecule has 0 aliphatic carbocycles. The van der Waals surface area contributed by atoms with Gasteiger partial charge in [0, 0.05) is 17.9 Å². The first kappa shape index (κ1) is 21.0. The Labute approximate surface area is 185 Å². The number of hydrogen-bond acceptors (Lipinski definition) is 5. The van der Waals surface area contributed by atoms with Crippen molar-refractivity contribution in [1.82, 2.24) is 15.1 Å². The number of nitrogens with zero attached hydrogens (tertiary/aromatic N) is 3. The molecule has 0 unspecified atom stereocenters. The molecule has 1 aromatic heterocycles. The maximum Gasteiger partial charge on any atom is 0.322 e. The van der Waals surface area contributed by atoms with Crippen molar-refractivity contribution in [2.75, 3.05) is 17.2 Å². The van der Waals surface area contributed by atoms with E-state index in [1.54, 1.807) is 4.90 Å². The van der Waals surface area contributed by atoms with E-state index in [0.717, 1.165) is 35.2 Å². The van der Waals surface area contributed by atoms with Crippen molar-refractivity contribution in [1.29, 1.82) is 0 Å². The number of benzene rings is 2. The number of aryl methyl sites for hydroxylation is 2. The molecule has 1 saturated heterocycles. The van der Waals surface area contributed by atoms with Gasteiger partial charge in [0.05, 0.1) is 6.04 Å². The fourth-order valence-electron chi connectivity index (χ4n) is 3.62. The first-order valence-corrected chi connectivity index (χ1v) is 11.1. The molecule has 8 heteroatoms. The van der Waals surface area contributed by atoms with Crippen molar-refractivity contribution >= 4 is 34.6 Å². The van der Waals surface area contributed by atoms with Crippen LogP contribution in [0, 0.1) is 20.8 Å². The number of carbonyl (C=O) groups is 2. The van der Waals surface area contributed by atoms with Crippen LogP contribution < -0.4 is 10.6 Å². The van der Waals surface area contributed by atoms with E-state index < -0.39 is 0 Å². The van der Waals surface area contributed by atoms with E-state index in [-0.39, 0.29) is 23.0 Å². The number of urea groups is 1. The molecule has 0 bridgehead atoms. The lowest BCUT2D eigenvalue weighted by Crippen LogP contribution is -2.34. The predicted molar refractivity (Wildman–Crippen MR) is 123 cm³/mol. The average Bonchev–Trinajstić information content (AvgIpc) is 3.42. The minimum absolute atomic E-state index is 0.156. The van der Waals surface area contributed by atoms with Gasteiger partial charge in [0.15, 0.2) is 0 Å². The largest absolute Gasteiger partial charge is 0.322 e. The molecule has 3 amide bonds. The molecular formula is C23H25N5O2S. The van der Waals surface area contributed by atoms with Crippen LogP contribution >= 0.6 is 11.3 Å². The Hall–Kier alpha value is -3.26.